The van der Waals surface area contributed by atoms with Crippen LogP contribution in [0.15, 0.2) is 104 Å². The van der Waals surface area contributed by atoms with E-state index in [1.165, 1.54) is 0 Å². The number of imidazole rings is 1. The summed E-state index contributed by atoms with van der Waals surface area (Å²) in [5, 5.41) is 14.5. The molecule has 1 fully saturated rings. The van der Waals surface area contributed by atoms with Gasteiger partial charge in [-0.15, -0.1) is 0 Å². The van der Waals surface area contributed by atoms with Crippen molar-refractivity contribution in [3.63, 3.8) is 0 Å². The highest BCUT2D eigenvalue weighted by molar-refractivity contribution is 5.82. The molecule has 6 rings (SSSR count). The molecule has 5 aromatic rings. The van der Waals surface area contributed by atoms with Crippen molar-refractivity contribution in [3.05, 3.63) is 120 Å². The van der Waals surface area contributed by atoms with Gasteiger partial charge in [-0.3, -0.25) is 0 Å². The molecule has 38 heavy (non-hydrogen) atoms. The monoisotopic (exact) mass is 505 g/mol. The van der Waals surface area contributed by atoms with E-state index in [2.05, 4.69) is 56.7 Å². The average Bonchev–Trinajstić information content (AvgIpc) is 3.70. The first-order chi connectivity index (χ1) is 18.7. The van der Waals surface area contributed by atoms with Crippen molar-refractivity contribution >= 4 is 17.0 Å². The fourth-order valence-corrected chi connectivity index (χ4v) is 4.93. The molecule has 0 aliphatic heterocycles. The zero-order valence-corrected chi connectivity index (χ0v) is 21.1. The quantitative estimate of drug-likeness (QED) is 0.241. The van der Waals surface area contributed by atoms with Crippen LogP contribution in [0.25, 0.3) is 11.2 Å². The largest absolute Gasteiger partial charge is 0.391 e. The standard InChI is InChI=1S/C31H31N5O2/c37-27(18-19-36-22-34-28-29(35-26-16-17-26)32-21-33-30(28)36)20-38-31(23-10-4-1-5-11-23,24-12-6-2-7-13-24)25-14-8-3-9-15-25/h1-15,21-22,26-27,37H,16-20H2,(H,32,33,35). The van der Waals surface area contributed by atoms with Crippen LogP contribution in [-0.2, 0) is 16.9 Å². The summed E-state index contributed by atoms with van der Waals surface area (Å²) >= 11 is 0. The minimum Gasteiger partial charge on any atom is -0.391 e. The number of aryl methyl sites for hydroxylation is 1. The van der Waals surface area contributed by atoms with Crippen molar-refractivity contribution in [3.8, 4) is 0 Å². The molecule has 2 aromatic heterocycles. The number of aliphatic hydroxyl groups is 1. The predicted molar refractivity (Wildman–Crippen MR) is 148 cm³/mol. The Morgan fingerprint density at radius 1 is 0.842 bits per heavy atom. The van der Waals surface area contributed by atoms with Gasteiger partial charge in [-0.05, 0) is 36.0 Å². The Morgan fingerprint density at radius 3 is 1.97 bits per heavy atom. The maximum atomic E-state index is 11.1. The Labute approximate surface area is 222 Å². The van der Waals surface area contributed by atoms with Gasteiger partial charge >= 0.3 is 0 Å². The number of anilines is 1. The molecule has 192 valence electrons. The summed E-state index contributed by atoms with van der Waals surface area (Å²) in [6, 6.07) is 31.1. The van der Waals surface area contributed by atoms with E-state index in [0.29, 0.717) is 19.0 Å². The molecule has 2 heterocycles. The number of aromatic nitrogens is 4. The molecule has 1 atom stereocenters. The number of rotatable bonds is 11. The van der Waals surface area contributed by atoms with E-state index in [0.717, 1.165) is 46.5 Å². The summed E-state index contributed by atoms with van der Waals surface area (Å²) in [6.45, 7) is 0.727. The van der Waals surface area contributed by atoms with Crippen LogP contribution < -0.4 is 5.32 Å². The van der Waals surface area contributed by atoms with Gasteiger partial charge in [-0.2, -0.15) is 0 Å². The maximum Gasteiger partial charge on any atom is 0.165 e. The van der Waals surface area contributed by atoms with E-state index >= 15 is 0 Å². The van der Waals surface area contributed by atoms with Gasteiger partial charge in [0.25, 0.3) is 0 Å². The van der Waals surface area contributed by atoms with Crippen molar-refractivity contribution in [1.82, 2.24) is 19.5 Å². The molecule has 0 spiro atoms. The summed E-state index contributed by atoms with van der Waals surface area (Å²) in [4.78, 5) is 13.4. The van der Waals surface area contributed by atoms with Crippen molar-refractivity contribution in [2.45, 2.75) is 43.6 Å². The Morgan fingerprint density at radius 2 is 1.42 bits per heavy atom. The number of hydrogen-bond acceptors (Lipinski definition) is 6. The Balaban J connectivity index is 1.23. The average molecular weight is 506 g/mol. The van der Waals surface area contributed by atoms with Gasteiger partial charge in [0, 0.05) is 12.6 Å². The second-order valence-corrected chi connectivity index (χ2v) is 9.78. The summed E-state index contributed by atoms with van der Waals surface area (Å²) in [6.07, 6.45) is 5.47. The number of nitrogens with one attached hydrogen (secondary N) is 1. The lowest BCUT2D eigenvalue weighted by Crippen LogP contribution is -2.36. The summed E-state index contributed by atoms with van der Waals surface area (Å²) < 4.78 is 8.74. The third-order valence-electron chi connectivity index (χ3n) is 7.06. The highest BCUT2D eigenvalue weighted by Crippen LogP contribution is 2.40. The molecule has 1 aliphatic carbocycles. The van der Waals surface area contributed by atoms with Crippen LogP contribution in [0, 0.1) is 0 Å². The van der Waals surface area contributed by atoms with Crippen molar-refractivity contribution in [2.75, 3.05) is 11.9 Å². The molecule has 7 heteroatoms. The van der Waals surface area contributed by atoms with Gasteiger partial charge in [0.05, 0.1) is 19.0 Å². The summed E-state index contributed by atoms with van der Waals surface area (Å²) in [5.74, 6) is 0.776. The lowest BCUT2D eigenvalue weighted by Gasteiger charge is -2.36. The molecular formula is C31H31N5O2. The number of nitrogens with zero attached hydrogens (tertiary/aromatic N) is 4. The van der Waals surface area contributed by atoms with Crippen LogP contribution in [0.3, 0.4) is 0 Å². The van der Waals surface area contributed by atoms with Gasteiger partial charge in [-0.1, -0.05) is 91.0 Å². The second-order valence-electron chi connectivity index (χ2n) is 9.78. The minimum absolute atomic E-state index is 0.161. The third kappa shape index (κ3) is 4.90. The van der Waals surface area contributed by atoms with Crippen LogP contribution >= 0.6 is 0 Å². The molecule has 2 N–H and O–H groups in total. The number of fused-ring (bicyclic) bond motifs is 1. The molecule has 0 amide bonds. The van der Waals surface area contributed by atoms with E-state index in [1.54, 1.807) is 12.7 Å². The first-order valence-corrected chi connectivity index (χ1v) is 13.1. The first kappa shape index (κ1) is 24.3. The van der Waals surface area contributed by atoms with Crippen LogP contribution in [0.1, 0.15) is 36.0 Å². The molecule has 0 saturated heterocycles. The normalized spacial score (nSPS) is 14.4. The number of hydrogen-bond donors (Lipinski definition) is 2. The SMILES string of the molecule is OC(CCn1cnc2c(NC3CC3)ncnc21)COC(c1ccccc1)(c1ccccc1)c1ccccc1. The molecule has 1 aliphatic rings. The number of benzene rings is 3. The fourth-order valence-electron chi connectivity index (χ4n) is 4.93. The first-order valence-electron chi connectivity index (χ1n) is 13.1. The van der Waals surface area contributed by atoms with Crippen molar-refractivity contribution in [1.29, 1.82) is 0 Å². The lowest BCUT2D eigenvalue weighted by molar-refractivity contribution is -0.0409. The lowest BCUT2D eigenvalue weighted by atomic mass is 9.80. The Bertz CT molecular complexity index is 1370. The van der Waals surface area contributed by atoms with E-state index in [9.17, 15) is 5.11 Å². The van der Waals surface area contributed by atoms with Crippen molar-refractivity contribution < 1.29 is 9.84 Å². The molecule has 1 unspecified atom stereocenters. The summed E-state index contributed by atoms with van der Waals surface area (Å²) in [5.41, 5.74) is 3.71. The maximum absolute atomic E-state index is 11.1. The minimum atomic E-state index is -0.858. The van der Waals surface area contributed by atoms with Gasteiger partial charge in [0.15, 0.2) is 11.5 Å². The van der Waals surface area contributed by atoms with E-state index in [1.807, 2.05) is 59.2 Å². The van der Waals surface area contributed by atoms with Gasteiger partial charge in [0.2, 0.25) is 0 Å². The zero-order valence-electron chi connectivity index (χ0n) is 21.1. The zero-order chi connectivity index (χ0) is 25.8. The topological polar surface area (TPSA) is 85.1 Å². The molecule has 0 radical (unpaired) electrons. The molecular weight excluding hydrogens is 474 g/mol. The van der Waals surface area contributed by atoms with Crippen LogP contribution in [-0.4, -0.2) is 43.4 Å². The van der Waals surface area contributed by atoms with Crippen LogP contribution in [0.4, 0.5) is 5.82 Å². The molecule has 0 bridgehead atoms. The van der Waals surface area contributed by atoms with Crippen LogP contribution in [0.5, 0.6) is 0 Å². The third-order valence-corrected chi connectivity index (χ3v) is 7.06. The van der Waals surface area contributed by atoms with Crippen molar-refractivity contribution in [2.24, 2.45) is 0 Å². The van der Waals surface area contributed by atoms with Gasteiger partial charge in [0.1, 0.15) is 17.4 Å². The summed E-state index contributed by atoms with van der Waals surface area (Å²) in [7, 11) is 0. The van der Waals surface area contributed by atoms with E-state index < -0.39 is 11.7 Å². The van der Waals surface area contributed by atoms with E-state index in [4.69, 9.17) is 4.74 Å². The Hall–Kier alpha value is -4.07. The van der Waals surface area contributed by atoms with E-state index in [-0.39, 0.29) is 6.61 Å². The fraction of sp³-hybridized carbons (Fsp3) is 0.258. The van der Waals surface area contributed by atoms with Gasteiger partial charge in [-0.25, -0.2) is 15.0 Å². The number of ether oxygens (including phenoxy) is 1. The second kappa shape index (κ2) is 10.7. The highest BCUT2D eigenvalue weighted by atomic mass is 16.5. The number of aliphatic hydroxyl groups excluding tert-OH is 1. The highest BCUT2D eigenvalue weighted by Gasteiger charge is 2.38. The van der Waals surface area contributed by atoms with Crippen LogP contribution in [0.2, 0.25) is 0 Å². The Kier molecular flexibility index (Phi) is 6.86. The smallest absolute Gasteiger partial charge is 0.165 e. The molecule has 3 aromatic carbocycles. The predicted octanol–water partition coefficient (Wildman–Crippen LogP) is 5.16. The molecule has 1 saturated carbocycles. The van der Waals surface area contributed by atoms with Gasteiger partial charge < -0.3 is 19.7 Å². The molecule has 7 nitrogen and oxygen atoms in total.